The minimum absolute atomic E-state index is 0.359. The number of hydrogen-bond donors (Lipinski definition) is 1. The van der Waals surface area contributed by atoms with Crippen LogP contribution in [0, 0.1) is 29.1 Å². The van der Waals surface area contributed by atoms with Crippen molar-refractivity contribution in [2.45, 2.75) is 18.9 Å². The van der Waals surface area contributed by atoms with Crippen molar-refractivity contribution in [2.75, 3.05) is 6.54 Å². The average Bonchev–Trinajstić information content (AvgIpc) is 2.77. The van der Waals surface area contributed by atoms with Gasteiger partial charge < -0.3 is 5.32 Å². The van der Waals surface area contributed by atoms with Crippen LogP contribution in [0.5, 0.6) is 0 Å². The number of nitrogens with one attached hydrogen (secondary N) is 1. The molecule has 1 atom stereocenters. The Morgan fingerprint density at radius 1 is 0.812 bits per heavy atom. The summed E-state index contributed by atoms with van der Waals surface area (Å²) in [5, 5.41) is 2.69. The first-order valence-corrected chi connectivity index (χ1v) is 4.78. The van der Waals surface area contributed by atoms with Crippen LogP contribution in [0.15, 0.2) is 0 Å². The average molecular weight is 237 g/mol. The highest BCUT2D eigenvalue weighted by Crippen LogP contribution is 2.31. The van der Waals surface area contributed by atoms with E-state index in [-0.39, 0.29) is 0 Å². The quantitative estimate of drug-likeness (QED) is 0.450. The van der Waals surface area contributed by atoms with Crippen LogP contribution in [0.1, 0.15) is 24.4 Å². The van der Waals surface area contributed by atoms with E-state index in [1.54, 1.807) is 0 Å². The number of hydrogen-bond acceptors (Lipinski definition) is 1. The van der Waals surface area contributed by atoms with Crippen LogP contribution in [-0.2, 0) is 0 Å². The molecule has 1 heterocycles. The van der Waals surface area contributed by atoms with Crippen LogP contribution in [0.3, 0.4) is 0 Å². The van der Waals surface area contributed by atoms with E-state index in [2.05, 4.69) is 5.32 Å². The van der Waals surface area contributed by atoms with Crippen LogP contribution in [0.4, 0.5) is 22.0 Å². The Bertz CT molecular complexity index is 397. The molecule has 1 saturated heterocycles. The van der Waals surface area contributed by atoms with Gasteiger partial charge in [0.05, 0.1) is 0 Å². The van der Waals surface area contributed by atoms with Crippen molar-refractivity contribution in [1.29, 1.82) is 0 Å². The van der Waals surface area contributed by atoms with Crippen molar-refractivity contribution in [1.82, 2.24) is 5.32 Å². The second kappa shape index (κ2) is 4.01. The van der Waals surface area contributed by atoms with Crippen molar-refractivity contribution in [2.24, 2.45) is 0 Å². The Morgan fingerprint density at radius 2 is 1.31 bits per heavy atom. The Morgan fingerprint density at radius 3 is 1.75 bits per heavy atom. The molecule has 0 aliphatic carbocycles. The van der Waals surface area contributed by atoms with E-state index in [1.165, 1.54) is 0 Å². The summed E-state index contributed by atoms with van der Waals surface area (Å²) in [6.45, 7) is 0.504. The molecule has 2 rings (SSSR count). The molecule has 0 unspecified atom stereocenters. The van der Waals surface area contributed by atoms with E-state index in [0.29, 0.717) is 19.4 Å². The first kappa shape index (κ1) is 11.3. The van der Waals surface area contributed by atoms with Gasteiger partial charge in [0, 0.05) is 11.6 Å². The van der Waals surface area contributed by atoms with E-state index in [4.69, 9.17) is 0 Å². The largest absolute Gasteiger partial charge is 0.310 e. The third-order valence-corrected chi connectivity index (χ3v) is 2.65. The molecule has 1 nitrogen and oxygen atoms in total. The molecular weight excluding hydrogens is 229 g/mol. The van der Waals surface area contributed by atoms with Gasteiger partial charge in [-0.05, 0) is 19.4 Å². The molecule has 88 valence electrons. The molecule has 0 aromatic heterocycles. The fraction of sp³-hybridized carbons (Fsp3) is 0.400. The third kappa shape index (κ3) is 1.57. The predicted octanol–water partition coefficient (Wildman–Crippen LogP) is 2.81. The number of halogens is 5. The fourth-order valence-electron chi connectivity index (χ4n) is 1.86. The molecule has 0 spiro atoms. The summed E-state index contributed by atoms with van der Waals surface area (Å²) in [5.74, 6) is -9.37. The van der Waals surface area contributed by atoms with Crippen molar-refractivity contribution in [3.63, 3.8) is 0 Å². The topological polar surface area (TPSA) is 12.0 Å². The smallest absolute Gasteiger partial charge is 0.200 e. The van der Waals surface area contributed by atoms with E-state index >= 15 is 0 Å². The van der Waals surface area contributed by atoms with Gasteiger partial charge >= 0.3 is 0 Å². The van der Waals surface area contributed by atoms with Crippen molar-refractivity contribution in [3.8, 4) is 0 Å². The Balaban J connectivity index is 2.59. The number of benzene rings is 1. The van der Waals surface area contributed by atoms with Gasteiger partial charge in [0.25, 0.3) is 0 Å². The third-order valence-electron chi connectivity index (χ3n) is 2.65. The molecule has 1 aliphatic heterocycles. The van der Waals surface area contributed by atoms with Crippen LogP contribution in [0.2, 0.25) is 0 Å². The summed E-state index contributed by atoms with van der Waals surface area (Å²) < 4.78 is 65.1. The van der Waals surface area contributed by atoms with Gasteiger partial charge in [-0.25, -0.2) is 22.0 Å². The van der Waals surface area contributed by atoms with Gasteiger partial charge in [0.1, 0.15) is 0 Å². The normalized spacial score (nSPS) is 20.4. The predicted molar refractivity (Wildman–Crippen MR) is 46.2 cm³/mol. The SMILES string of the molecule is Fc1c(F)c(F)c([C@@H]2CCCN2)c(F)c1F. The van der Waals surface area contributed by atoms with E-state index in [1.807, 2.05) is 0 Å². The summed E-state index contributed by atoms with van der Waals surface area (Å²) in [5.41, 5.74) is -0.756. The summed E-state index contributed by atoms with van der Waals surface area (Å²) >= 11 is 0. The van der Waals surface area contributed by atoms with Crippen molar-refractivity contribution in [3.05, 3.63) is 34.6 Å². The molecule has 1 aromatic rings. The molecule has 16 heavy (non-hydrogen) atoms. The Kier molecular flexibility index (Phi) is 2.84. The van der Waals surface area contributed by atoms with Crippen LogP contribution in [-0.4, -0.2) is 6.54 Å². The molecular formula is C10H8F5N. The lowest BCUT2D eigenvalue weighted by Crippen LogP contribution is -2.19. The summed E-state index contributed by atoms with van der Waals surface area (Å²) in [6, 6.07) is -0.801. The summed E-state index contributed by atoms with van der Waals surface area (Å²) in [6.07, 6.45) is 1.00. The molecule has 0 bridgehead atoms. The minimum atomic E-state index is -2.11. The highest BCUT2D eigenvalue weighted by molar-refractivity contribution is 5.27. The number of rotatable bonds is 1. The summed E-state index contributed by atoms with van der Waals surface area (Å²) in [4.78, 5) is 0. The first-order valence-electron chi connectivity index (χ1n) is 4.78. The van der Waals surface area contributed by atoms with E-state index in [0.717, 1.165) is 0 Å². The second-order valence-corrected chi connectivity index (χ2v) is 3.63. The van der Waals surface area contributed by atoms with E-state index in [9.17, 15) is 22.0 Å². The fourth-order valence-corrected chi connectivity index (χ4v) is 1.86. The maximum atomic E-state index is 13.3. The lowest BCUT2D eigenvalue weighted by atomic mass is 10.0. The highest BCUT2D eigenvalue weighted by Gasteiger charge is 2.31. The lowest BCUT2D eigenvalue weighted by Gasteiger charge is -2.14. The maximum Gasteiger partial charge on any atom is 0.200 e. The maximum absolute atomic E-state index is 13.3. The molecule has 6 heteroatoms. The van der Waals surface area contributed by atoms with Gasteiger partial charge in [-0.1, -0.05) is 0 Å². The van der Waals surface area contributed by atoms with Crippen molar-refractivity contribution >= 4 is 0 Å². The van der Waals surface area contributed by atoms with Crippen LogP contribution < -0.4 is 5.32 Å². The first-order chi connectivity index (χ1) is 7.54. The monoisotopic (exact) mass is 237 g/mol. The van der Waals surface area contributed by atoms with Crippen LogP contribution >= 0.6 is 0 Å². The molecule has 0 radical (unpaired) electrons. The van der Waals surface area contributed by atoms with Gasteiger partial charge in [0.2, 0.25) is 5.82 Å². The van der Waals surface area contributed by atoms with Gasteiger partial charge in [-0.2, -0.15) is 0 Å². The van der Waals surface area contributed by atoms with Crippen molar-refractivity contribution < 1.29 is 22.0 Å². The minimum Gasteiger partial charge on any atom is -0.310 e. The summed E-state index contributed by atoms with van der Waals surface area (Å²) in [7, 11) is 0. The zero-order chi connectivity index (χ0) is 11.9. The Hall–Kier alpha value is -1.17. The standard InChI is InChI=1S/C10H8F5N/c11-6-5(4-2-1-3-16-4)7(12)9(14)10(15)8(6)13/h4,16H,1-3H2/t4-/m0/s1. The lowest BCUT2D eigenvalue weighted by molar-refractivity contribution is 0.361. The molecule has 1 aromatic carbocycles. The zero-order valence-corrected chi connectivity index (χ0v) is 8.09. The molecule has 0 saturated carbocycles. The van der Waals surface area contributed by atoms with Gasteiger partial charge in [-0.15, -0.1) is 0 Å². The molecule has 0 amide bonds. The Labute approximate surface area is 88.3 Å². The highest BCUT2D eigenvalue weighted by atomic mass is 19.2. The zero-order valence-electron chi connectivity index (χ0n) is 8.09. The molecule has 1 N–H and O–H groups in total. The van der Waals surface area contributed by atoms with Gasteiger partial charge in [0.15, 0.2) is 23.3 Å². The molecule has 1 fully saturated rings. The van der Waals surface area contributed by atoms with E-state index < -0.39 is 40.7 Å². The van der Waals surface area contributed by atoms with Gasteiger partial charge in [-0.3, -0.25) is 0 Å². The van der Waals surface area contributed by atoms with Crippen LogP contribution in [0.25, 0.3) is 0 Å². The second-order valence-electron chi connectivity index (χ2n) is 3.63. The molecule has 1 aliphatic rings.